The molecule has 17 heavy (non-hydrogen) atoms. The molecule has 0 unspecified atom stereocenters. The Morgan fingerprint density at radius 1 is 1.24 bits per heavy atom. The maximum atomic E-state index is 13.6. The molecule has 0 heterocycles. The molecular weight excluding hydrogens is 215 g/mol. The van der Waals surface area contributed by atoms with Gasteiger partial charge in [-0.2, -0.15) is 0 Å². The van der Waals surface area contributed by atoms with E-state index in [2.05, 4.69) is 11.9 Å². The van der Waals surface area contributed by atoms with Crippen LogP contribution >= 0.6 is 0 Å². The molecular formula is C14H21FN2. The van der Waals surface area contributed by atoms with Gasteiger partial charge in [0.05, 0.1) is 5.71 Å². The fraction of sp³-hybridized carbons (Fsp3) is 0.357. The monoisotopic (exact) mass is 236 g/mol. The van der Waals surface area contributed by atoms with Crippen molar-refractivity contribution in [3.8, 4) is 0 Å². The Morgan fingerprint density at radius 2 is 1.76 bits per heavy atom. The molecule has 0 saturated heterocycles. The van der Waals surface area contributed by atoms with Gasteiger partial charge in [0.1, 0.15) is 5.83 Å². The van der Waals surface area contributed by atoms with Crippen molar-refractivity contribution in [3.05, 3.63) is 47.0 Å². The van der Waals surface area contributed by atoms with Gasteiger partial charge < -0.3 is 5.32 Å². The Hall–Kier alpha value is -1.64. The molecule has 2 nitrogen and oxygen atoms in total. The molecule has 0 radical (unpaired) electrons. The Kier molecular flexibility index (Phi) is 6.18. The van der Waals surface area contributed by atoms with Crippen molar-refractivity contribution in [3.63, 3.8) is 0 Å². The van der Waals surface area contributed by atoms with Gasteiger partial charge in [0.15, 0.2) is 0 Å². The second-order valence-corrected chi connectivity index (χ2v) is 4.03. The molecule has 94 valence electrons. The number of rotatable bonds is 5. The summed E-state index contributed by atoms with van der Waals surface area (Å²) in [6.45, 7) is 11.0. The van der Waals surface area contributed by atoms with E-state index in [1.165, 1.54) is 12.2 Å². The minimum atomic E-state index is -0.381. The minimum absolute atomic E-state index is 0.305. The largest absolute Gasteiger partial charge is 0.389 e. The molecule has 0 saturated carbocycles. The van der Waals surface area contributed by atoms with E-state index in [4.69, 9.17) is 5.41 Å². The summed E-state index contributed by atoms with van der Waals surface area (Å²) in [6.07, 6.45) is 2.82. The lowest BCUT2D eigenvalue weighted by atomic mass is 10.00. The molecule has 0 amide bonds. The second kappa shape index (κ2) is 6.84. The Bertz CT molecular complexity index is 408. The van der Waals surface area contributed by atoms with E-state index in [-0.39, 0.29) is 5.83 Å². The van der Waals surface area contributed by atoms with Crippen LogP contribution in [-0.4, -0.2) is 12.8 Å². The highest BCUT2D eigenvalue weighted by molar-refractivity contribution is 6.12. The maximum absolute atomic E-state index is 13.6. The van der Waals surface area contributed by atoms with Crippen LogP contribution in [0.4, 0.5) is 4.39 Å². The van der Waals surface area contributed by atoms with Crippen molar-refractivity contribution in [2.24, 2.45) is 0 Å². The lowest BCUT2D eigenvalue weighted by molar-refractivity contribution is 0.640. The number of hydrogen-bond donors (Lipinski definition) is 2. The lowest BCUT2D eigenvalue weighted by Gasteiger charge is -2.08. The Balaban J connectivity index is 5.40. The predicted molar refractivity (Wildman–Crippen MR) is 72.9 cm³/mol. The summed E-state index contributed by atoms with van der Waals surface area (Å²) in [5, 5.41) is 10.7. The minimum Gasteiger partial charge on any atom is -0.389 e. The van der Waals surface area contributed by atoms with E-state index in [1.54, 1.807) is 14.0 Å². The fourth-order valence-corrected chi connectivity index (χ4v) is 1.06. The highest BCUT2D eigenvalue weighted by Gasteiger charge is 2.07. The van der Waals surface area contributed by atoms with Crippen LogP contribution in [0.25, 0.3) is 0 Å². The molecule has 0 fully saturated rings. The molecule has 2 N–H and O–H groups in total. The van der Waals surface area contributed by atoms with Crippen molar-refractivity contribution in [2.75, 3.05) is 7.05 Å². The molecule has 0 spiro atoms. The lowest BCUT2D eigenvalue weighted by Crippen LogP contribution is -2.06. The summed E-state index contributed by atoms with van der Waals surface area (Å²) in [7, 11) is 1.66. The van der Waals surface area contributed by atoms with Gasteiger partial charge in [-0.15, -0.1) is 0 Å². The first-order chi connectivity index (χ1) is 7.84. The van der Waals surface area contributed by atoms with E-state index >= 15 is 0 Å². The topological polar surface area (TPSA) is 35.9 Å². The molecule has 0 atom stereocenters. The van der Waals surface area contributed by atoms with Crippen LogP contribution < -0.4 is 5.32 Å². The highest BCUT2D eigenvalue weighted by Crippen LogP contribution is 2.15. The maximum Gasteiger partial charge on any atom is 0.142 e. The van der Waals surface area contributed by atoms with E-state index in [0.717, 1.165) is 11.1 Å². The zero-order valence-corrected chi connectivity index (χ0v) is 11.2. The molecule has 0 aromatic rings. The molecule has 0 aliphatic carbocycles. The third-order valence-electron chi connectivity index (χ3n) is 2.65. The number of halogens is 1. The van der Waals surface area contributed by atoms with Gasteiger partial charge >= 0.3 is 0 Å². The molecule has 0 rings (SSSR count). The summed E-state index contributed by atoms with van der Waals surface area (Å²) in [5.41, 5.74) is 3.10. The van der Waals surface area contributed by atoms with Crippen LogP contribution in [-0.2, 0) is 0 Å². The van der Waals surface area contributed by atoms with E-state index in [0.29, 0.717) is 17.0 Å². The van der Waals surface area contributed by atoms with Crippen LogP contribution in [0.1, 0.15) is 27.7 Å². The first-order valence-electron chi connectivity index (χ1n) is 5.46. The molecule has 0 aromatic carbocycles. The van der Waals surface area contributed by atoms with Crippen LogP contribution in [0.3, 0.4) is 0 Å². The van der Waals surface area contributed by atoms with E-state index in [9.17, 15) is 4.39 Å². The Labute approximate surface area is 103 Å². The van der Waals surface area contributed by atoms with Crippen molar-refractivity contribution in [2.45, 2.75) is 27.7 Å². The SMILES string of the molecule is C=C/C(=C\C(F)=C(/C)NC)C(=N)C(C)=C(C)C. The van der Waals surface area contributed by atoms with Gasteiger partial charge in [0.2, 0.25) is 0 Å². The van der Waals surface area contributed by atoms with Crippen LogP contribution in [0.2, 0.25) is 0 Å². The highest BCUT2D eigenvalue weighted by atomic mass is 19.1. The first kappa shape index (κ1) is 15.4. The summed E-state index contributed by atoms with van der Waals surface area (Å²) in [6, 6.07) is 0. The zero-order valence-electron chi connectivity index (χ0n) is 11.2. The standard InChI is InChI=1S/C14H21FN2/c1-7-12(8-13(15)11(5)17-6)14(16)10(4)9(2)3/h7-8,16-17H,1H2,2-6H3/b12-8+,13-11-,16-14?. The third-order valence-corrected chi connectivity index (χ3v) is 2.65. The number of nitrogens with one attached hydrogen (secondary N) is 2. The smallest absolute Gasteiger partial charge is 0.142 e. The van der Waals surface area contributed by atoms with Crippen LogP contribution in [0.5, 0.6) is 0 Å². The van der Waals surface area contributed by atoms with Gasteiger partial charge in [-0.1, -0.05) is 18.2 Å². The van der Waals surface area contributed by atoms with Gasteiger partial charge in [-0.05, 0) is 39.3 Å². The number of allylic oxidation sites excluding steroid dienone is 7. The molecule has 3 heteroatoms. The average molecular weight is 236 g/mol. The van der Waals surface area contributed by atoms with Crippen molar-refractivity contribution < 1.29 is 4.39 Å². The Morgan fingerprint density at radius 3 is 2.12 bits per heavy atom. The summed E-state index contributed by atoms with van der Waals surface area (Å²) in [5.74, 6) is -0.381. The average Bonchev–Trinajstić information content (AvgIpc) is 2.32. The number of hydrogen-bond acceptors (Lipinski definition) is 2. The fourth-order valence-electron chi connectivity index (χ4n) is 1.06. The normalized spacial score (nSPS) is 12.7. The van der Waals surface area contributed by atoms with Crippen molar-refractivity contribution >= 4 is 5.71 Å². The van der Waals surface area contributed by atoms with Gasteiger partial charge in [-0.3, -0.25) is 5.41 Å². The third kappa shape index (κ3) is 4.39. The summed E-state index contributed by atoms with van der Waals surface area (Å²) >= 11 is 0. The second-order valence-electron chi connectivity index (χ2n) is 4.03. The van der Waals surface area contributed by atoms with Gasteiger partial charge in [0, 0.05) is 18.3 Å². The van der Waals surface area contributed by atoms with Crippen LogP contribution in [0, 0.1) is 5.41 Å². The van der Waals surface area contributed by atoms with Crippen molar-refractivity contribution in [1.29, 1.82) is 5.41 Å². The summed E-state index contributed by atoms with van der Waals surface area (Å²) in [4.78, 5) is 0. The van der Waals surface area contributed by atoms with Gasteiger partial charge in [-0.25, -0.2) is 4.39 Å². The molecule has 0 aliphatic heterocycles. The molecule has 0 bridgehead atoms. The zero-order chi connectivity index (χ0) is 13.6. The predicted octanol–water partition coefficient (Wildman–Crippen LogP) is 3.90. The van der Waals surface area contributed by atoms with E-state index < -0.39 is 0 Å². The summed E-state index contributed by atoms with van der Waals surface area (Å²) < 4.78 is 13.6. The molecule has 0 aromatic heterocycles. The van der Waals surface area contributed by atoms with E-state index in [1.807, 2.05) is 20.8 Å². The quantitative estimate of drug-likeness (QED) is 0.551. The van der Waals surface area contributed by atoms with Crippen LogP contribution in [0.15, 0.2) is 47.0 Å². The van der Waals surface area contributed by atoms with Gasteiger partial charge in [0.25, 0.3) is 0 Å². The van der Waals surface area contributed by atoms with Crippen molar-refractivity contribution in [1.82, 2.24) is 5.32 Å². The first-order valence-corrected chi connectivity index (χ1v) is 5.46. The molecule has 0 aliphatic rings.